The van der Waals surface area contributed by atoms with Gasteiger partial charge in [0.25, 0.3) is 0 Å². The lowest BCUT2D eigenvalue weighted by atomic mass is 9.84. The molecule has 0 amide bonds. The number of hydrogen-bond acceptors (Lipinski definition) is 7. The van der Waals surface area contributed by atoms with Crippen molar-refractivity contribution < 1.29 is 34.0 Å². The molecule has 0 aliphatic carbocycles. The van der Waals surface area contributed by atoms with E-state index in [-0.39, 0.29) is 30.5 Å². The second kappa shape index (κ2) is 9.02. The van der Waals surface area contributed by atoms with Gasteiger partial charge in [-0.05, 0) is 47.5 Å². The highest BCUT2D eigenvalue weighted by molar-refractivity contribution is 5.98. The lowest BCUT2D eigenvalue weighted by Crippen LogP contribution is -2.17. The number of hydrogen-bond donors (Lipinski definition) is 2. The standard InChI is InChI=1S/C27H24O7/c1-31-25(30)11-13-32-19-6-2-16(3-7-19)27-26-21(20-8-4-18(29)15-24(20)34-27)10-12-33-23-14-17(28)5-9-22(23)26/h2-9,14-15,27-29H,10-13H2,1H3. The Bertz CT molecular complexity index is 1260. The van der Waals surface area contributed by atoms with Crippen LogP contribution >= 0.6 is 0 Å². The molecule has 0 aromatic heterocycles. The molecule has 7 heteroatoms. The Morgan fingerprint density at radius 1 is 0.971 bits per heavy atom. The molecule has 7 nitrogen and oxygen atoms in total. The number of carbonyl (C=O) groups excluding carboxylic acids is 1. The van der Waals surface area contributed by atoms with Crippen molar-refractivity contribution in [3.63, 3.8) is 0 Å². The zero-order chi connectivity index (χ0) is 23.7. The normalized spacial score (nSPS) is 16.2. The summed E-state index contributed by atoms with van der Waals surface area (Å²) in [5.41, 5.74) is 4.70. The first-order chi connectivity index (χ1) is 16.5. The Labute approximate surface area is 196 Å². The Balaban J connectivity index is 1.54. The maximum Gasteiger partial charge on any atom is 0.308 e. The zero-order valence-electron chi connectivity index (χ0n) is 18.6. The van der Waals surface area contributed by atoms with Gasteiger partial charge < -0.3 is 29.2 Å². The summed E-state index contributed by atoms with van der Waals surface area (Å²) in [4.78, 5) is 11.3. The lowest BCUT2D eigenvalue weighted by molar-refractivity contribution is -0.141. The Kier molecular flexibility index (Phi) is 5.76. The number of phenolic OH excluding ortho intramolecular Hbond substituents is 2. The Hall–Kier alpha value is -4.13. The van der Waals surface area contributed by atoms with Crippen molar-refractivity contribution in [2.75, 3.05) is 20.3 Å². The summed E-state index contributed by atoms with van der Waals surface area (Å²) in [7, 11) is 1.35. The first-order valence-electron chi connectivity index (χ1n) is 11.0. The molecule has 2 aliphatic rings. The summed E-state index contributed by atoms with van der Waals surface area (Å²) >= 11 is 0. The van der Waals surface area contributed by atoms with Crippen LogP contribution in [0, 0.1) is 0 Å². The van der Waals surface area contributed by atoms with Crippen molar-refractivity contribution in [3.8, 4) is 28.7 Å². The van der Waals surface area contributed by atoms with Crippen molar-refractivity contribution in [2.45, 2.75) is 18.9 Å². The van der Waals surface area contributed by atoms with E-state index >= 15 is 0 Å². The van der Waals surface area contributed by atoms with Gasteiger partial charge in [-0.2, -0.15) is 0 Å². The van der Waals surface area contributed by atoms with E-state index in [2.05, 4.69) is 4.74 Å². The summed E-state index contributed by atoms with van der Waals surface area (Å²) < 4.78 is 22.7. The number of fused-ring (bicyclic) bond motifs is 4. The summed E-state index contributed by atoms with van der Waals surface area (Å²) in [5, 5.41) is 20.1. The maximum absolute atomic E-state index is 11.3. The number of methoxy groups -OCH3 is 1. The molecule has 1 unspecified atom stereocenters. The van der Waals surface area contributed by atoms with Crippen molar-refractivity contribution in [1.82, 2.24) is 0 Å². The van der Waals surface area contributed by atoms with E-state index in [1.165, 1.54) is 7.11 Å². The van der Waals surface area contributed by atoms with Crippen LogP contribution in [0.2, 0.25) is 0 Å². The van der Waals surface area contributed by atoms with E-state index in [0.717, 1.165) is 27.8 Å². The van der Waals surface area contributed by atoms with Crippen LogP contribution in [0.3, 0.4) is 0 Å². The highest BCUT2D eigenvalue weighted by atomic mass is 16.5. The van der Waals surface area contributed by atoms with Crippen LogP contribution < -0.4 is 14.2 Å². The van der Waals surface area contributed by atoms with Gasteiger partial charge in [0.2, 0.25) is 0 Å². The van der Waals surface area contributed by atoms with Crippen LogP contribution in [0.15, 0.2) is 60.7 Å². The van der Waals surface area contributed by atoms with Gasteiger partial charge in [0, 0.05) is 35.3 Å². The second-order valence-electron chi connectivity index (χ2n) is 8.09. The van der Waals surface area contributed by atoms with Gasteiger partial charge in [-0.15, -0.1) is 0 Å². The van der Waals surface area contributed by atoms with Gasteiger partial charge in [0.05, 0.1) is 26.7 Å². The third kappa shape index (κ3) is 4.12. The predicted octanol–water partition coefficient (Wildman–Crippen LogP) is 4.87. The molecule has 0 saturated carbocycles. The molecule has 1 atom stereocenters. The van der Waals surface area contributed by atoms with Crippen molar-refractivity contribution in [1.29, 1.82) is 0 Å². The summed E-state index contributed by atoms with van der Waals surface area (Å²) in [6, 6.07) is 17.7. The highest BCUT2D eigenvalue weighted by Gasteiger charge is 2.34. The third-order valence-corrected chi connectivity index (χ3v) is 5.97. The van der Waals surface area contributed by atoms with Gasteiger partial charge >= 0.3 is 5.97 Å². The molecule has 3 aromatic carbocycles. The molecule has 2 aliphatic heterocycles. The predicted molar refractivity (Wildman–Crippen MR) is 125 cm³/mol. The van der Waals surface area contributed by atoms with Crippen molar-refractivity contribution in [3.05, 3.63) is 77.4 Å². The summed E-state index contributed by atoms with van der Waals surface area (Å²) in [5.74, 6) is 1.77. The number of carbonyl (C=O) groups is 1. The SMILES string of the molecule is COC(=O)CCOc1ccc(C2Oc3cc(O)ccc3C3=C2c2ccc(O)cc2OCC3)cc1. The van der Waals surface area contributed by atoms with E-state index in [1.54, 1.807) is 24.3 Å². The molecule has 5 rings (SSSR count). The number of esters is 1. The number of rotatable bonds is 5. The molecule has 174 valence electrons. The van der Waals surface area contributed by atoms with Crippen LogP contribution in [0.1, 0.15) is 35.6 Å². The third-order valence-electron chi connectivity index (χ3n) is 5.97. The Morgan fingerprint density at radius 3 is 2.41 bits per heavy atom. The molecule has 2 N–H and O–H groups in total. The first kappa shape index (κ1) is 21.7. The number of phenols is 2. The van der Waals surface area contributed by atoms with Crippen LogP contribution in [0.5, 0.6) is 28.7 Å². The van der Waals surface area contributed by atoms with Crippen molar-refractivity contribution >= 4 is 17.1 Å². The van der Waals surface area contributed by atoms with Crippen molar-refractivity contribution in [2.24, 2.45) is 0 Å². The zero-order valence-corrected chi connectivity index (χ0v) is 18.6. The quantitative estimate of drug-likeness (QED) is 0.525. The number of ether oxygens (including phenoxy) is 4. The largest absolute Gasteiger partial charge is 0.508 e. The molecule has 2 heterocycles. The fourth-order valence-corrected chi connectivity index (χ4v) is 4.36. The minimum atomic E-state index is -0.460. The van der Waals surface area contributed by atoms with E-state index in [4.69, 9.17) is 14.2 Å². The number of benzene rings is 3. The molecule has 34 heavy (non-hydrogen) atoms. The summed E-state index contributed by atoms with van der Waals surface area (Å²) in [6.45, 7) is 0.678. The van der Waals surface area contributed by atoms with E-state index < -0.39 is 6.10 Å². The average Bonchev–Trinajstić information content (AvgIpc) is 3.03. The molecule has 0 fully saturated rings. The van der Waals surface area contributed by atoms with Crippen LogP contribution in [0.25, 0.3) is 11.1 Å². The fraction of sp³-hybridized carbons (Fsp3) is 0.222. The second-order valence-corrected chi connectivity index (χ2v) is 8.09. The minimum absolute atomic E-state index is 0.131. The molecule has 0 radical (unpaired) electrons. The lowest BCUT2D eigenvalue weighted by Gasteiger charge is -2.31. The van der Waals surface area contributed by atoms with E-state index in [0.29, 0.717) is 30.3 Å². The smallest absolute Gasteiger partial charge is 0.308 e. The Morgan fingerprint density at radius 2 is 1.68 bits per heavy atom. The van der Waals surface area contributed by atoms with E-state index in [9.17, 15) is 15.0 Å². The number of aromatic hydroxyl groups is 2. The monoisotopic (exact) mass is 460 g/mol. The topological polar surface area (TPSA) is 94.5 Å². The molecule has 0 spiro atoms. The van der Waals surface area contributed by atoms with Gasteiger partial charge in [0.1, 0.15) is 34.9 Å². The van der Waals surface area contributed by atoms with Gasteiger partial charge in [-0.3, -0.25) is 4.79 Å². The van der Waals surface area contributed by atoms with Gasteiger partial charge in [0.15, 0.2) is 0 Å². The minimum Gasteiger partial charge on any atom is -0.508 e. The molecule has 0 saturated heterocycles. The highest BCUT2D eigenvalue weighted by Crippen LogP contribution is 2.51. The van der Waals surface area contributed by atoms with E-state index in [1.807, 2.05) is 36.4 Å². The fourth-order valence-electron chi connectivity index (χ4n) is 4.36. The summed E-state index contributed by atoms with van der Waals surface area (Å²) in [6.07, 6.45) is 0.361. The van der Waals surface area contributed by atoms with Crippen LogP contribution in [0.4, 0.5) is 0 Å². The van der Waals surface area contributed by atoms with Crippen LogP contribution in [-0.4, -0.2) is 36.5 Å². The maximum atomic E-state index is 11.3. The van der Waals surface area contributed by atoms with Gasteiger partial charge in [-0.25, -0.2) is 0 Å². The molecule has 0 bridgehead atoms. The average molecular weight is 460 g/mol. The molecular weight excluding hydrogens is 436 g/mol. The van der Waals surface area contributed by atoms with Gasteiger partial charge in [-0.1, -0.05) is 12.1 Å². The first-order valence-corrected chi connectivity index (χ1v) is 11.0. The molecule has 3 aromatic rings. The molecular formula is C27H24O7. The van der Waals surface area contributed by atoms with Crippen LogP contribution in [-0.2, 0) is 9.53 Å².